The van der Waals surface area contributed by atoms with Crippen LogP contribution < -0.4 is 14.5 Å². The van der Waals surface area contributed by atoms with Crippen molar-refractivity contribution in [3.63, 3.8) is 0 Å². The number of ether oxygens (including phenoxy) is 1. The Kier molecular flexibility index (Phi) is 5.23. The summed E-state index contributed by atoms with van der Waals surface area (Å²) in [5.41, 5.74) is 2.78. The lowest BCUT2D eigenvalue weighted by molar-refractivity contribution is 0.317. The normalized spacial score (nSPS) is 17.1. The summed E-state index contributed by atoms with van der Waals surface area (Å²) < 4.78 is 5.78. The Hall–Kier alpha value is -2.30. The zero-order valence-corrected chi connectivity index (χ0v) is 15.7. The molecule has 0 unspecified atom stereocenters. The van der Waals surface area contributed by atoms with E-state index < -0.39 is 0 Å². The molecule has 138 valence electrons. The number of nitrogens with zero attached hydrogens (tertiary/aromatic N) is 4. The van der Waals surface area contributed by atoms with Gasteiger partial charge < -0.3 is 14.5 Å². The van der Waals surface area contributed by atoms with Gasteiger partial charge in [0.15, 0.2) is 0 Å². The van der Waals surface area contributed by atoms with Crippen molar-refractivity contribution < 1.29 is 4.74 Å². The molecule has 26 heavy (non-hydrogen) atoms. The molecule has 1 aromatic heterocycles. The minimum absolute atomic E-state index is 0.783. The molecule has 3 heterocycles. The van der Waals surface area contributed by atoms with Crippen molar-refractivity contribution in [2.45, 2.75) is 45.6 Å². The molecule has 0 amide bonds. The fourth-order valence-electron chi connectivity index (χ4n) is 3.84. The number of fused-ring (bicyclic) bond motifs is 1. The second-order valence-corrected chi connectivity index (χ2v) is 7.23. The third-order valence-corrected chi connectivity index (χ3v) is 5.31. The fourth-order valence-corrected chi connectivity index (χ4v) is 3.84. The second-order valence-electron chi connectivity index (χ2n) is 7.23. The highest BCUT2D eigenvalue weighted by atomic mass is 16.5. The van der Waals surface area contributed by atoms with Gasteiger partial charge in [-0.05, 0) is 55.4 Å². The molecule has 0 bridgehead atoms. The Bertz CT molecular complexity index is 743. The molecule has 4 rings (SSSR count). The van der Waals surface area contributed by atoms with Crippen LogP contribution >= 0.6 is 0 Å². The molecule has 0 atom stereocenters. The Morgan fingerprint density at radius 3 is 2.54 bits per heavy atom. The zero-order valence-electron chi connectivity index (χ0n) is 15.7. The van der Waals surface area contributed by atoms with Gasteiger partial charge in [-0.25, -0.2) is 9.97 Å². The van der Waals surface area contributed by atoms with E-state index in [1.165, 1.54) is 30.4 Å². The Morgan fingerprint density at radius 1 is 0.923 bits per heavy atom. The predicted octanol–water partition coefficient (Wildman–Crippen LogP) is 3.82. The van der Waals surface area contributed by atoms with Crippen LogP contribution in [0, 0.1) is 0 Å². The van der Waals surface area contributed by atoms with Gasteiger partial charge in [-0.2, -0.15) is 0 Å². The number of benzene rings is 1. The van der Waals surface area contributed by atoms with Crippen molar-refractivity contribution in [2.75, 3.05) is 36.0 Å². The van der Waals surface area contributed by atoms with Crippen LogP contribution in [-0.2, 0) is 13.0 Å². The zero-order chi connectivity index (χ0) is 17.8. The molecule has 0 saturated carbocycles. The van der Waals surface area contributed by atoms with Gasteiger partial charge in [0.2, 0.25) is 0 Å². The van der Waals surface area contributed by atoms with Crippen molar-refractivity contribution in [2.24, 2.45) is 0 Å². The molecule has 1 saturated heterocycles. The van der Waals surface area contributed by atoms with Gasteiger partial charge in [-0.1, -0.05) is 13.0 Å². The molecular formula is C21H28N4O. The van der Waals surface area contributed by atoms with E-state index in [0.717, 1.165) is 63.0 Å². The second kappa shape index (κ2) is 7.94. The maximum Gasteiger partial charge on any atom is 0.134 e. The monoisotopic (exact) mass is 352 g/mol. The Balaban J connectivity index is 1.48. The van der Waals surface area contributed by atoms with E-state index in [4.69, 9.17) is 4.74 Å². The molecule has 1 aromatic carbocycles. The van der Waals surface area contributed by atoms with Crippen LogP contribution in [0.4, 0.5) is 11.6 Å². The maximum atomic E-state index is 5.78. The van der Waals surface area contributed by atoms with Crippen molar-refractivity contribution in [1.29, 1.82) is 0 Å². The lowest BCUT2D eigenvalue weighted by atomic mass is 9.99. The summed E-state index contributed by atoms with van der Waals surface area (Å²) >= 11 is 0. The van der Waals surface area contributed by atoms with Gasteiger partial charge in [0.1, 0.15) is 23.7 Å². The summed E-state index contributed by atoms with van der Waals surface area (Å²) in [7, 11) is 0. The van der Waals surface area contributed by atoms with E-state index in [0.29, 0.717) is 0 Å². The number of anilines is 2. The number of hydrogen-bond acceptors (Lipinski definition) is 5. The quantitative estimate of drug-likeness (QED) is 0.818. The van der Waals surface area contributed by atoms with Crippen LogP contribution in [0.25, 0.3) is 0 Å². The van der Waals surface area contributed by atoms with E-state index in [-0.39, 0.29) is 0 Å². The summed E-state index contributed by atoms with van der Waals surface area (Å²) in [5, 5.41) is 0. The van der Waals surface area contributed by atoms with Gasteiger partial charge in [0.25, 0.3) is 0 Å². The van der Waals surface area contributed by atoms with Crippen LogP contribution in [0.3, 0.4) is 0 Å². The van der Waals surface area contributed by atoms with Gasteiger partial charge in [0, 0.05) is 32.2 Å². The molecule has 5 heteroatoms. The van der Waals surface area contributed by atoms with Gasteiger partial charge in [0.05, 0.1) is 6.61 Å². The van der Waals surface area contributed by atoms with Crippen molar-refractivity contribution in [1.82, 2.24) is 9.97 Å². The minimum atomic E-state index is 0.783. The Labute approximate surface area is 156 Å². The summed E-state index contributed by atoms with van der Waals surface area (Å²) in [5.74, 6) is 3.11. The summed E-state index contributed by atoms with van der Waals surface area (Å²) in [6.07, 6.45) is 7.65. The highest BCUT2D eigenvalue weighted by Crippen LogP contribution is 2.28. The number of rotatable bonds is 5. The van der Waals surface area contributed by atoms with Crippen LogP contribution in [0.15, 0.2) is 30.6 Å². The molecule has 2 aromatic rings. The predicted molar refractivity (Wildman–Crippen MR) is 105 cm³/mol. The molecule has 2 aliphatic heterocycles. The summed E-state index contributed by atoms with van der Waals surface area (Å²) in [4.78, 5) is 13.8. The number of piperidine rings is 1. The van der Waals surface area contributed by atoms with Crippen LogP contribution in [0.1, 0.15) is 43.7 Å². The third kappa shape index (κ3) is 3.76. The number of hydrogen-bond donors (Lipinski definition) is 0. The molecule has 2 aliphatic rings. The average Bonchev–Trinajstić information content (AvgIpc) is 2.72. The highest BCUT2D eigenvalue weighted by molar-refractivity contribution is 5.52. The molecule has 5 nitrogen and oxygen atoms in total. The van der Waals surface area contributed by atoms with E-state index >= 15 is 0 Å². The summed E-state index contributed by atoms with van der Waals surface area (Å²) in [6, 6.07) is 8.67. The molecule has 0 radical (unpaired) electrons. The summed E-state index contributed by atoms with van der Waals surface area (Å²) in [6.45, 7) is 7.03. The van der Waals surface area contributed by atoms with Crippen LogP contribution in [-0.4, -0.2) is 36.2 Å². The first-order valence-electron chi connectivity index (χ1n) is 9.90. The van der Waals surface area contributed by atoms with E-state index in [1.54, 1.807) is 6.33 Å². The largest absolute Gasteiger partial charge is 0.494 e. The molecular weight excluding hydrogens is 324 g/mol. The van der Waals surface area contributed by atoms with E-state index in [2.05, 4.69) is 51.0 Å². The van der Waals surface area contributed by atoms with Crippen LogP contribution in [0.5, 0.6) is 5.75 Å². The standard InChI is InChI=1S/C21H28N4O/c1-2-12-26-19-7-6-18-15-25(11-8-17(18)13-19)21-14-20(22-16-23-21)24-9-4-3-5-10-24/h6-7,13-14,16H,2-5,8-12,15H2,1H3. The minimum Gasteiger partial charge on any atom is -0.494 e. The first kappa shape index (κ1) is 17.1. The average molecular weight is 352 g/mol. The Morgan fingerprint density at radius 2 is 1.73 bits per heavy atom. The first-order valence-corrected chi connectivity index (χ1v) is 9.90. The van der Waals surface area contributed by atoms with E-state index in [1.807, 2.05) is 0 Å². The lowest BCUT2D eigenvalue weighted by Gasteiger charge is -2.32. The van der Waals surface area contributed by atoms with Crippen molar-refractivity contribution in [3.8, 4) is 5.75 Å². The lowest BCUT2D eigenvalue weighted by Crippen LogP contribution is -2.33. The molecule has 0 aliphatic carbocycles. The highest BCUT2D eigenvalue weighted by Gasteiger charge is 2.20. The molecule has 0 N–H and O–H groups in total. The van der Waals surface area contributed by atoms with E-state index in [9.17, 15) is 0 Å². The topological polar surface area (TPSA) is 41.5 Å². The van der Waals surface area contributed by atoms with Crippen molar-refractivity contribution >= 4 is 11.6 Å². The van der Waals surface area contributed by atoms with Gasteiger partial charge in [-0.15, -0.1) is 0 Å². The van der Waals surface area contributed by atoms with Gasteiger partial charge >= 0.3 is 0 Å². The fraction of sp³-hybridized carbons (Fsp3) is 0.524. The van der Waals surface area contributed by atoms with Crippen LogP contribution in [0.2, 0.25) is 0 Å². The first-order chi connectivity index (χ1) is 12.8. The maximum absolute atomic E-state index is 5.78. The van der Waals surface area contributed by atoms with Gasteiger partial charge in [-0.3, -0.25) is 0 Å². The molecule has 0 spiro atoms. The molecule has 1 fully saturated rings. The SMILES string of the molecule is CCCOc1ccc2c(c1)CCN(c1cc(N3CCCCC3)ncn1)C2. The number of aromatic nitrogens is 2. The smallest absolute Gasteiger partial charge is 0.134 e. The van der Waals surface area contributed by atoms with Crippen molar-refractivity contribution in [3.05, 3.63) is 41.7 Å². The third-order valence-electron chi connectivity index (χ3n) is 5.31.